The van der Waals surface area contributed by atoms with Gasteiger partial charge in [-0.05, 0) is 29.8 Å². The van der Waals surface area contributed by atoms with Crippen LogP contribution in [0.2, 0.25) is 0 Å². The molecule has 12 heteroatoms. The number of carbonyl (C=O) groups is 1. The smallest absolute Gasteiger partial charge is 0.410 e. The SMILES string of the molecule is Fc1ccccc1-c1csc(N2CCNCC2)n1.O=C(OCc1ccccc1)N1CCN(c2nc(-c3ccccc3F)cs2)CC1. The number of anilines is 2. The van der Waals surface area contributed by atoms with E-state index >= 15 is 0 Å². The Hall–Kier alpha value is -4.39. The Morgan fingerprint density at radius 2 is 1.20 bits per heavy atom. The standard InChI is InChI=1S/C21H20FN3O2S.C13H14FN3S/c22-18-9-5-4-8-17(18)19-15-28-20(23-19)24-10-12-25(13-11-24)21(26)27-14-16-6-2-1-3-7-16;14-11-4-2-1-3-10(11)12-9-18-13(16-12)17-7-5-15-6-8-17/h1-9,15H,10-14H2;1-4,9,15H,5-8H2. The number of rotatable bonds is 6. The van der Waals surface area contributed by atoms with E-state index in [0.717, 1.165) is 47.7 Å². The molecule has 0 unspecified atom stereocenters. The Morgan fingerprint density at radius 1 is 0.696 bits per heavy atom. The molecule has 46 heavy (non-hydrogen) atoms. The van der Waals surface area contributed by atoms with Crippen LogP contribution < -0.4 is 15.1 Å². The summed E-state index contributed by atoms with van der Waals surface area (Å²) in [4.78, 5) is 27.5. The largest absolute Gasteiger partial charge is 0.445 e. The number of nitrogens with zero attached hydrogens (tertiary/aromatic N) is 5. The minimum atomic E-state index is -0.297. The molecule has 0 atom stereocenters. The Balaban J connectivity index is 0.000000178. The van der Waals surface area contributed by atoms with E-state index in [9.17, 15) is 13.6 Å². The van der Waals surface area contributed by atoms with E-state index < -0.39 is 0 Å². The molecule has 3 aromatic carbocycles. The van der Waals surface area contributed by atoms with Gasteiger partial charge in [-0.2, -0.15) is 0 Å². The Labute approximate surface area is 274 Å². The zero-order valence-electron chi connectivity index (χ0n) is 25.1. The van der Waals surface area contributed by atoms with Crippen molar-refractivity contribution in [2.24, 2.45) is 0 Å². The quantitative estimate of drug-likeness (QED) is 0.216. The molecular weight excluding hydrogens is 627 g/mol. The summed E-state index contributed by atoms with van der Waals surface area (Å²) in [5.41, 5.74) is 3.43. The van der Waals surface area contributed by atoms with Crippen molar-refractivity contribution in [3.8, 4) is 22.5 Å². The van der Waals surface area contributed by atoms with E-state index in [0.29, 0.717) is 43.0 Å². The summed E-state index contributed by atoms with van der Waals surface area (Å²) < 4.78 is 33.0. The minimum Gasteiger partial charge on any atom is -0.445 e. The van der Waals surface area contributed by atoms with Gasteiger partial charge < -0.3 is 24.8 Å². The molecule has 2 aromatic heterocycles. The number of benzene rings is 3. The van der Waals surface area contributed by atoms with Crippen LogP contribution in [0.25, 0.3) is 22.5 Å². The van der Waals surface area contributed by atoms with Crippen molar-refractivity contribution >= 4 is 39.0 Å². The predicted octanol–water partition coefficient (Wildman–Crippen LogP) is 6.77. The third-order valence-electron chi connectivity index (χ3n) is 7.68. The van der Waals surface area contributed by atoms with Crippen molar-refractivity contribution in [3.63, 3.8) is 0 Å². The molecule has 0 radical (unpaired) electrons. The average molecular weight is 661 g/mol. The monoisotopic (exact) mass is 660 g/mol. The number of hydrogen-bond acceptors (Lipinski definition) is 9. The van der Waals surface area contributed by atoms with Crippen LogP contribution in [-0.4, -0.2) is 73.3 Å². The molecule has 0 bridgehead atoms. The van der Waals surface area contributed by atoms with Crippen molar-refractivity contribution in [2.75, 3.05) is 62.2 Å². The van der Waals surface area contributed by atoms with E-state index in [4.69, 9.17) is 4.74 Å². The molecule has 0 aliphatic carbocycles. The second kappa shape index (κ2) is 15.3. The average Bonchev–Trinajstić information content (AvgIpc) is 3.80. The lowest BCUT2D eigenvalue weighted by atomic mass is 10.2. The highest BCUT2D eigenvalue weighted by molar-refractivity contribution is 7.14. The zero-order chi connectivity index (χ0) is 31.7. The van der Waals surface area contributed by atoms with Crippen molar-refractivity contribution in [1.82, 2.24) is 20.2 Å². The molecule has 1 N–H and O–H groups in total. The van der Waals surface area contributed by atoms with Gasteiger partial charge in [0.15, 0.2) is 10.3 Å². The number of aromatic nitrogens is 2. The number of thiazole rings is 2. The molecule has 8 nitrogen and oxygen atoms in total. The molecule has 0 spiro atoms. The Kier molecular flexibility index (Phi) is 10.5. The molecule has 2 saturated heterocycles. The number of hydrogen-bond donors (Lipinski definition) is 1. The molecule has 238 valence electrons. The van der Waals surface area contributed by atoms with Crippen LogP contribution >= 0.6 is 22.7 Å². The van der Waals surface area contributed by atoms with Crippen LogP contribution in [0.3, 0.4) is 0 Å². The van der Waals surface area contributed by atoms with E-state index in [1.54, 1.807) is 46.6 Å². The van der Waals surface area contributed by atoms with Crippen LogP contribution in [0, 0.1) is 11.6 Å². The van der Waals surface area contributed by atoms with Gasteiger partial charge in [0.1, 0.15) is 18.2 Å². The maximum absolute atomic E-state index is 14.0. The van der Waals surface area contributed by atoms with Crippen LogP contribution in [0.4, 0.5) is 23.8 Å². The molecule has 5 aromatic rings. The van der Waals surface area contributed by atoms with Crippen molar-refractivity contribution in [3.05, 3.63) is 107 Å². The summed E-state index contributed by atoms with van der Waals surface area (Å²) >= 11 is 3.07. The second-order valence-corrected chi connectivity index (χ2v) is 12.4. The summed E-state index contributed by atoms with van der Waals surface area (Å²) in [6.07, 6.45) is -0.297. The maximum Gasteiger partial charge on any atom is 0.410 e. The Bertz CT molecular complexity index is 1720. The lowest BCUT2D eigenvalue weighted by Gasteiger charge is -2.33. The summed E-state index contributed by atoms with van der Waals surface area (Å²) in [5.74, 6) is -0.486. The maximum atomic E-state index is 14.0. The van der Waals surface area contributed by atoms with E-state index in [-0.39, 0.29) is 24.3 Å². The van der Waals surface area contributed by atoms with Gasteiger partial charge in [-0.3, -0.25) is 0 Å². The topological polar surface area (TPSA) is 73.8 Å². The normalized spacial score (nSPS) is 14.9. The fraction of sp³-hybridized carbons (Fsp3) is 0.265. The summed E-state index contributed by atoms with van der Waals surface area (Å²) in [7, 11) is 0. The van der Waals surface area contributed by atoms with Gasteiger partial charge in [-0.15, -0.1) is 22.7 Å². The first kappa shape index (κ1) is 31.6. The molecule has 1 amide bonds. The molecule has 2 fully saturated rings. The van der Waals surface area contributed by atoms with Gasteiger partial charge >= 0.3 is 6.09 Å². The predicted molar refractivity (Wildman–Crippen MR) is 181 cm³/mol. The number of amides is 1. The van der Waals surface area contributed by atoms with E-state index in [2.05, 4.69) is 25.1 Å². The lowest BCUT2D eigenvalue weighted by molar-refractivity contribution is 0.0942. The highest BCUT2D eigenvalue weighted by atomic mass is 32.1. The van der Waals surface area contributed by atoms with Crippen LogP contribution in [0.15, 0.2) is 89.6 Å². The lowest BCUT2D eigenvalue weighted by Crippen LogP contribution is -2.48. The van der Waals surface area contributed by atoms with Crippen LogP contribution in [-0.2, 0) is 11.3 Å². The van der Waals surface area contributed by atoms with E-state index in [1.165, 1.54) is 23.5 Å². The summed E-state index contributed by atoms with van der Waals surface area (Å²) in [5, 5.41) is 8.93. The number of carbonyl (C=O) groups excluding carboxylic acids is 1. The summed E-state index contributed by atoms with van der Waals surface area (Å²) in [6, 6.07) is 23.1. The first-order valence-electron chi connectivity index (χ1n) is 15.1. The number of nitrogens with one attached hydrogen (secondary N) is 1. The van der Waals surface area contributed by atoms with Gasteiger partial charge in [-0.25, -0.2) is 23.5 Å². The molecule has 0 saturated carbocycles. The fourth-order valence-corrected chi connectivity index (χ4v) is 6.91. The molecule has 7 rings (SSSR count). The molecule has 4 heterocycles. The van der Waals surface area contributed by atoms with Gasteiger partial charge in [-0.1, -0.05) is 54.6 Å². The van der Waals surface area contributed by atoms with Crippen molar-refractivity contribution in [2.45, 2.75) is 6.61 Å². The minimum absolute atomic E-state index is 0.213. The third kappa shape index (κ3) is 7.87. The highest BCUT2D eigenvalue weighted by Crippen LogP contribution is 2.30. The third-order valence-corrected chi connectivity index (χ3v) is 9.49. The van der Waals surface area contributed by atoms with Gasteiger partial charge in [0.2, 0.25) is 0 Å². The highest BCUT2D eigenvalue weighted by Gasteiger charge is 2.24. The van der Waals surface area contributed by atoms with Gasteiger partial charge in [0.25, 0.3) is 0 Å². The number of ether oxygens (including phenoxy) is 1. The van der Waals surface area contributed by atoms with Gasteiger partial charge in [0.05, 0.1) is 11.4 Å². The zero-order valence-corrected chi connectivity index (χ0v) is 26.8. The van der Waals surface area contributed by atoms with Gasteiger partial charge in [0, 0.05) is 74.2 Å². The molecular formula is C34H34F2N6O2S2. The molecule has 2 aliphatic rings. The first-order valence-corrected chi connectivity index (χ1v) is 16.9. The Morgan fingerprint density at radius 3 is 1.74 bits per heavy atom. The first-order chi connectivity index (χ1) is 22.5. The van der Waals surface area contributed by atoms with Crippen molar-refractivity contribution in [1.29, 1.82) is 0 Å². The van der Waals surface area contributed by atoms with Crippen LogP contribution in [0.5, 0.6) is 0 Å². The van der Waals surface area contributed by atoms with Crippen molar-refractivity contribution < 1.29 is 18.3 Å². The van der Waals surface area contributed by atoms with E-state index in [1.807, 2.05) is 47.2 Å². The second-order valence-electron chi connectivity index (χ2n) is 10.7. The van der Waals surface area contributed by atoms with Crippen LogP contribution in [0.1, 0.15) is 5.56 Å². The fourth-order valence-electron chi connectivity index (χ4n) is 5.15. The molecule has 2 aliphatic heterocycles. The summed E-state index contributed by atoms with van der Waals surface area (Å²) in [6.45, 7) is 6.65. The number of halogens is 2. The number of piperazine rings is 2.